The predicted molar refractivity (Wildman–Crippen MR) is 87.8 cm³/mol. The standard InChI is InChI=1S/C16H25NO3S/c1-16(2,3)20-15(18)11-21-10-13-8-12(9-17-4)6-7-14(13)19-5/h6-8,17H,9-11H2,1-5H3. The van der Waals surface area contributed by atoms with Gasteiger partial charge in [0.15, 0.2) is 0 Å². The summed E-state index contributed by atoms with van der Waals surface area (Å²) in [6, 6.07) is 6.12. The lowest BCUT2D eigenvalue weighted by Crippen LogP contribution is -2.24. The minimum atomic E-state index is -0.429. The molecule has 0 radical (unpaired) electrons. The molecule has 5 heteroatoms. The van der Waals surface area contributed by atoms with Crippen LogP contribution in [-0.4, -0.2) is 31.5 Å². The molecule has 0 amide bonds. The van der Waals surface area contributed by atoms with Crippen LogP contribution in [0.3, 0.4) is 0 Å². The molecule has 0 saturated carbocycles. The average Bonchev–Trinajstić information content (AvgIpc) is 2.37. The third kappa shape index (κ3) is 6.87. The highest BCUT2D eigenvalue weighted by atomic mass is 32.2. The van der Waals surface area contributed by atoms with Gasteiger partial charge in [0.2, 0.25) is 0 Å². The van der Waals surface area contributed by atoms with Gasteiger partial charge in [0.25, 0.3) is 0 Å². The van der Waals surface area contributed by atoms with E-state index in [0.717, 1.165) is 23.6 Å². The van der Waals surface area contributed by atoms with Gasteiger partial charge in [-0.1, -0.05) is 6.07 Å². The van der Waals surface area contributed by atoms with Gasteiger partial charge >= 0.3 is 5.97 Å². The van der Waals surface area contributed by atoms with Crippen molar-refractivity contribution in [3.8, 4) is 5.75 Å². The number of rotatable bonds is 7. The smallest absolute Gasteiger partial charge is 0.316 e. The van der Waals surface area contributed by atoms with E-state index in [9.17, 15) is 4.79 Å². The van der Waals surface area contributed by atoms with E-state index in [1.165, 1.54) is 17.3 Å². The second kappa shape index (κ2) is 8.29. The van der Waals surface area contributed by atoms with Gasteiger partial charge in [-0.05, 0) is 45.5 Å². The van der Waals surface area contributed by atoms with E-state index < -0.39 is 5.60 Å². The Morgan fingerprint density at radius 2 is 2.05 bits per heavy atom. The van der Waals surface area contributed by atoms with E-state index in [1.807, 2.05) is 40.0 Å². The maximum Gasteiger partial charge on any atom is 0.316 e. The monoisotopic (exact) mass is 311 g/mol. The number of hydrogen-bond acceptors (Lipinski definition) is 5. The first kappa shape index (κ1) is 17.9. The molecule has 0 saturated heterocycles. The zero-order valence-corrected chi connectivity index (χ0v) is 14.3. The van der Waals surface area contributed by atoms with Crippen molar-refractivity contribution in [2.75, 3.05) is 19.9 Å². The van der Waals surface area contributed by atoms with E-state index in [1.54, 1.807) is 7.11 Å². The van der Waals surface area contributed by atoms with Crippen molar-refractivity contribution < 1.29 is 14.3 Å². The second-order valence-electron chi connectivity index (χ2n) is 5.76. The Labute approximate surface area is 131 Å². The summed E-state index contributed by atoms with van der Waals surface area (Å²) in [6.45, 7) is 6.44. The van der Waals surface area contributed by atoms with Crippen molar-refractivity contribution in [2.24, 2.45) is 0 Å². The molecule has 0 fully saturated rings. The summed E-state index contributed by atoms with van der Waals surface area (Å²) < 4.78 is 10.7. The average molecular weight is 311 g/mol. The maximum atomic E-state index is 11.7. The van der Waals surface area contributed by atoms with Gasteiger partial charge in [-0.15, -0.1) is 11.8 Å². The van der Waals surface area contributed by atoms with Gasteiger partial charge in [0.05, 0.1) is 12.9 Å². The molecule has 1 aromatic carbocycles. The van der Waals surface area contributed by atoms with Crippen molar-refractivity contribution in [1.29, 1.82) is 0 Å². The summed E-state index contributed by atoms with van der Waals surface area (Å²) in [5.41, 5.74) is 1.87. The molecule has 0 atom stereocenters. The lowest BCUT2D eigenvalue weighted by atomic mass is 10.1. The Balaban J connectivity index is 2.57. The summed E-state index contributed by atoms with van der Waals surface area (Å²) in [6.07, 6.45) is 0. The number of thioether (sulfide) groups is 1. The minimum Gasteiger partial charge on any atom is -0.496 e. The molecule has 21 heavy (non-hydrogen) atoms. The van der Waals surface area contributed by atoms with Crippen LogP contribution in [0.2, 0.25) is 0 Å². The van der Waals surface area contributed by atoms with Crippen LogP contribution in [0.25, 0.3) is 0 Å². The molecule has 0 bridgehead atoms. The van der Waals surface area contributed by atoms with Crippen molar-refractivity contribution in [3.05, 3.63) is 29.3 Å². The van der Waals surface area contributed by atoms with Crippen LogP contribution in [0.15, 0.2) is 18.2 Å². The fraction of sp³-hybridized carbons (Fsp3) is 0.562. The molecule has 0 aromatic heterocycles. The first-order valence-electron chi connectivity index (χ1n) is 6.95. The molecule has 0 heterocycles. The van der Waals surface area contributed by atoms with Crippen LogP contribution in [0.1, 0.15) is 31.9 Å². The van der Waals surface area contributed by atoms with Gasteiger partial charge in [-0.2, -0.15) is 0 Å². The number of benzene rings is 1. The summed E-state index contributed by atoms with van der Waals surface area (Å²) in [5.74, 6) is 1.74. The Morgan fingerprint density at radius 1 is 1.33 bits per heavy atom. The van der Waals surface area contributed by atoms with E-state index in [-0.39, 0.29) is 5.97 Å². The highest BCUT2D eigenvalue weighted by Gasteiger charge is 2.16. The third-order valence-electron chi connectivity index (χ3n) is 2.62. The summed E-state index contributed by atoms with van der Waals surface area (Å²) in [5, 5.41) is 3.13. The summed E-state index contributed by atoms with van der Waals surface area (Å²) in [7, 11) is 3.58. The van der Waals surface area contributed by atoms with Crippen LogP contribution in [0, 0.1) is 0 Å². The first-order chi connectivity index (χ1) is 9.85. The van der Waals surface area contributed by atoms with Crippen molar-refractivity contribution in [1.82, 2.24) is 5.32 Å². The molecule has 1 aromatic rings. The second-order valence-corrected chi connectivity index (χ2v) is 6.74. The molecule has 0 aliphatic rings. The number of ether oxygens (including phenoxy) is 2. The number of nitrogens with one attached hydrogen (secondary N) is 1. The Hall–Kier alpha value is -1.20. The zero-order valence-electron chi connectivity index (χ0n) is 13.5. The van der Waals surface area contributed by atoms with E-state index in [4.69, 9.17) is 9.47 Å². The van der Waals surface area contributed by atoms with E-state index in [2.05, 4.69) is 11.4 Å². The molecule has 1 rings (SSSR count). The minimum absolute atomic E-state index is 0.183. The van der Waals surface area contributed by atoms with Crippen LogP contribution >= 0.6 is 11.8 Å². The molecule has 118 valence electrons. The molecule has 0 unspecified atom stereocenters. The molecular formula is C16H25NO3S. The summed E-state index contributed by atoms with van der Waals surface area (Å²) in [4.78, 5) is 11.7. The Kier molecular flexibility index (Phi) is 7.05. The van der Waals surface area contributed by atoms with E-state index in [0.29, 0.717) is 5.75 Å². The fourth-order valence-corrected chi connectivity index (χ4v) is 2.65. The molecule has 0 aliphatic heterocycles. The van der Waals surface area contributed by atoms with Crippen molar-refractivity contribution in [3.63, 3.8) is 0 Å². The molecule has 0 spiro atoms. The molecule has 4 nitrogen and oxygen atoms in total. The van der Waals surface area contributed by atoms with Crippen LogP contribution in [0.5, 0.6) is 5.75 Å². The quantitative estimate of drug-likeness (QED) is 0.785. The van der Waals surface area contributed by atoms with Gasteiger partial charge in [-0.3, -0.25) is 4.79 Å². The number of carbonyl (C=O) groups is 1. The highest BCUT2D eigenvalue weighted by molar-refractivity contribution is 7.99. The van der Waals surface area contributed by atoms with Gasteiger partial charge in [0.1, 0.15) is 11.4 Å². The lowest BCUT2D eigenvalue weighted by molar-refractivity contribution is -0.151. The largest absolute Gasteiger partial charge is 0.496 e. The summed E-state index contributed by atoms with van der Waals surface area (Å²) >= 11 is 1.54. The lowest BCUT2D eigenvalue weighted by Gasteiger charge is -2.19. The van der Waals surface area contributed by atoms with Crippen LogP contribution in [0.4, 0.5) is 0 Å². The van der Waals surface area contributed by atoms with Crippen LogP contribution in [-0.2, 0) is 21.8 Å². The number of carbonyl (C=O) groups excluding carboxylic acids is 1. The highest BCUT2D eigenvalue weighted by Crippen LogP contribution is 2.25. The maximum absolute atomic E-state index is 11.7. The fourth-order valence-electron chi connectivity index (χ4n) is 1.87. The number of hydrogen-bond donors (Lipinski definition) is 1. The molecule has 1 N–H and O–H groups in total. The normalized spacial score (nSPS) is 11.3. The molecule has 0 aliphatic carbocycles. The van der Waals surface area contributed by atoms with Gasteiger partial charge in [0, 0.05) is 17.9 Å². The SMILES string of the molecule is CNCc1ccc(OC)c(CSCC(=O)OC(C)(C)C)c1. The van der Waals surface area contributed by atoms with Crippen molar-refractivity contribution >= 4 is 17.7 Å². The number of methoxy groups -OCH3 is 1. The Morgan fingerprint density at radius 3 is 2.62 bits per heavy atom. The number of esters is 1. The van der Waals surface area contributed by atoms with E-state index >= 15 is 0 Å². The van der Waals surface area contributed by atoms with Crippen LogP contribution < -0.4 is 10.1 Å². The van der Waals surface area contributed by atoms with Crippen molar-refractivity contribution in [2.45, 2.75) is 38.7 Å². The zero-order chi connectivity index (χ0) is 15.9. The molecular weight excluding hydrogens is 286 g/mol. The first-order valence-corrected chi connectivity index (χ1v) is 8.11. The Bertz CT molecular complexity index is 469. The topological polar surface area (TPSA) is 47.6 Å². The third-order valence-corrected chi connectivity index (χ3v) is 3.58. The van der Waals surface area contributed by atoms with Gasteiger partial charge < -0.3 is 14.8 Å². The van der Waals surface area contributed by atoms with Gasteiger partial charge in [-0.25, -0.2) is 0 Å². The predicted octanol–water partition coefficient (Wildman–Crippen LogP) is 2.99.